The monoisotopic (exact) mass is 444 g/mol. The van der Waals surface area contributed by atoms with E-state index in [0.717, 1.165) is 44.1 Å². The van der Waals surface area contributed by atoms with Crippen molar-refractivity contribution in [2.75, 3.05) is 0 Å². The number of benzene rings is 1. The van der Waals surface area contributed by atoms with Gasteiger partial charge in [0.1, 0.15) is 0 Å². The van der Waals surface area contributed by atoms with Gasteiger partial charge in [0.15, 0.2) is 0 Å². The van der Waals surface area contributed by atoms with Crippen molar-refractivity contribution in [1.29, 1.82) is 0 Å². The first-order valence-electron chi connectivity index (χ1n) is 11.6. The minimum absolute atomic E-state index is 0.0378. The van der Waals surface area contributed by atoms with E-state index in [9.17, 15) is 13.0 Å². The highest BCUT2D eigenvalue weighted by atomic mass is 32.2. The normalized spacial score (nSPS) is 12.9. The van der Waals surface area contributed by atoms with Crippen LogP contribution in [0.2, 0.25) is 0 Å². The first-order chi connectivity index (χ1) is 14.9. The van der Waals surface area contributed by atoms with Crippen LogP contribution in [0.4, 0.5) is 0 Å². The Morgan fingerprint density at radius 3 is 1.81 bits per heavy atom. The van der Waals surface area contributed by atoms with Gasteiger partial charge in [0.2, 0.25) is 0 Å². The molecule has 0 saturated heterocycles. The van der Waals surface area contributed by atoms with Crippen molar-refractivity contribution in [2.24, 2.45) is 0 Å². The first-order valence-corrected chi connectivity index (χ1v) is 13.1. The summed E-state index contributed by atoms with van der Waals surface area (Å²) in [6.07, 6.45) is 29.3. The van der Waals surface area contributed by atoms with Gasteiger partial charge in [-0.25, -0.2) is 0 Å². The molecule has 4 heteroatoms. The highest BCUT2D eigenvalue weighted by molar-refractivity contribution is 7.85. The molecule has 0 atom stereocenters. The average molecular weight is 445 g/mol. The summed E-state index contributed by atoms with van der Waals surface area (Å²) < 4.78 is 32.3. The maximum Gasteiger partial charge on any atom is 0.294 e. The Morgan fingerprint density at radius 1 is 0.774 bits per heavy atom. The van der Waals surface area contributed by atoms with Crippen LogP contribution in [0, 0.1) is 6.92 Å². The molecule has 1 rings (SSSR count). The fourth-order valence-corrected chi connectivity index (χ4v) is 4.03. The summed E-state index contributed by atoms with van der Waals surface area (Å²) in [6.45, 7) is 4.16. The number of unbranched alkanes of at least 4 members (excludes halogenated alkanes) is 5. The molecule has 0 saturated carbocycles. The van der Waals surface area contributed by atoms with Crippen LogP contribution < -0.4 is 0 Å². The fourth-order valence-electron chi connectivity index (χ4n) is 3.29. The minimum atomic E-state index is -4.15. The molecule has 3 nitrogen and oxygen atoms in total. The van der Waals surface area contributed by atoms with Gasteiger partial charge in [-0.3, -0.25) is 4.55 Å². The number of hydrogen-bond donors (Lipinski definition) is 1. The van der Waals surface area contributed by atoms with E-state index in [1.807, 2.05) is 13.0 Å². The minimum Gasteiger partial charge on any atom is -0.282 e. The van der Waals surface area contributed by atoms with Crippen molar-refractivity contribution < 1.29 is 13.0 Å². The quantitative estimate of drug-likeness (QED) is 0.160. The molecule has 0 radical (unpaired) electrons. The molecule has 0 spiro atoms. The van der Waals surface area contributed by atoms with Crippen molar-refractivity contribution in [3.05, 3.63) is 77.9 Å². The van der Waals surface area contributed by atoms with Crippen molar-refractivity contribution >= 4 is 10.1 Å². The van der Waals surface area contributed by atoms with E-state index < -0.39 is 10.1 Å². The average Bonchev–Trinajstić information content (AvgIpc) is 2.72. The summed E-state index contributed by atoms with van der Waals surface area (Å²) in [5.74, 6) is 0. The summed E-state index contributed by atoms with van der Waals surface area (Å²) >= 11 is 0. The van der Waals surface area contributed by atoms with Gasteiger partial charge in [0.25, 0.3) is 10.1 Å². The molecule has 0 aliphatic rings. The lowest BCUT2D eigenvalue weighted by molar-refractivity contribution is 0.481. The van der Waals surface area contributed by atoms with Gasteiger partial charge >= 0.3 is 0 Å². The number of allylic oxidation sites excluding steroid dienone is 8. The summed E-state index contributed by atoms with van der Waals surface area (Å²) in [7, 11) is -4.15. The highest BCUT2D eigenvalue weighted by Crippen LogP contribution is 2.19. The fraction of sp³-hybridized carbons (Fsp3) is 0.481. The summed E-state index contributed by atoms with van der Waals surface area (Å²) in [4.78, 5) is 0.0378. The van der Waals surface area contributed by atoms with Crippen LogP contribution in [0.1, 0.15) is 82.3 Å². The lowest BCUT2D eigenvalue weighted by Crippen LogP contribution is -2.03. The van der Waals surface area contributed by atoms with Gasteiger partial charge in [-0.1, -0.05) is 86.1 Å². The van der Waals surface area contributed by atoms with E-state index in [4.69, 9.17) is 0 Å². The molecule has 172 valence electrons. The van der Waals surface area contributed by atoms with Crippen LogP contribution in [0.25, 0.3) is 0 Å². The largest absolute Gasteiger partial charge is 0.294 e. The predicted octanol–water partition coefficient (Wildman–Crippen LogP) is 7.93. The SMILES string of the molecule is CCCCCC=CCC=CCC=CCC=CCCCCc1cc(C)ccc1S(=O)(=O)O. The predicted molar refractivity (Wildman–Crippen MR) is 133 cm³/mol. The molecule has 31 heavy (non-hydrogen) atoms. The summed E-state index contributed by atoms with van der Waals surface area (Å²) in [5, 5.41) is 0. The molecule has 0 fully saturated rings. The molecular formula is C27H40O3S. The van der Waals surface area contributed by atoms with Gasteiger partial charge < -0.3 is 0 Å². The van der Waals surface area contributed by atoms with Gasteiger partial charge in [-0.2, -0.15) is 8.42 Å². The summed E-state index contributed by atoms with van der Waals surface area (Å²) in [6, 6.07) is 5.06. The van der Waals surface area contributed by atoms with E-state index in [0.29, 0.717) is 12.0 Å². The Kier molecular flexibility index (Phi) is 14.6. The third-order valence-electron chi connectivity index (χ3n) is 5.02. The zero-order valence-electron chi connectivity index (χ0n) is 19.3. The van der Waals surface area contributed by atoms with Gasteiger partial charge in [0, 0.05) is 0 Å². The summed E-state index contributed by atoms with van der Waals surface area (Å²) in [5.41, 5.74) is 1.71. The Balaban J connectivity index is 2.13. The molecule has 0 bridgehead atoms. The lowest BCUT2D eigenvalue weighted by Gasteiger charge is -2.08. The smallest absolute Gasteiger partial charge is 0.282 e. The molecular weight excluding hydrogens is 404 g/mol. The van der Waals surface area contributed by atoms with Crippen LogP contribution in [-0.2, 0) is 16.5 Å². The van der Waals surface area contributed by atoms with Crippen molar-refractivity contribution in [3.63, 3.8) is 0 Å². The zero-order chi connectivity index (χ0) is 22.8. The zero-order valence-corrected chi connectivity index (χ0v) is 20.1. The highest BCUT2D eigenvalue weighted by Gasteiger charge is 2.14. The Morgan fingerprint density at radius 2 is 1.29 bits per heavy atom. The van der Waals surface area contributed by atoms with E-state index in [2.05, 4.69) is 55.5 Å². The van der Waals surface area contributed by atoms with Crippen LogP contribution >= 0.6 is 0 Å². The third-order valence-corrected chi connectivity index (χ3v) is 5.97. The van der Waals surface area contributed by atoms with Gasteiger partial charge in [-0.15, -0.1) is 0 Å². The van der Waals surface area contributed by atoms with Gasteiger partial charge in [-0.05, 0) is 76.3 Å². The molecule has 0 aromatic heterocycles. The second-order valence-corrected chi connectivity index (χ2v) is 9.31. The van der Waals surface area contributed by atoms with Crippen LogP contribution in [0.15, 0.2) is 71.7 Å². The van der Waals surface area contributed by atoms with Gasteiger partial charge in [0.05, 0.1) is 4.90 Å². The second kappa shape index (κ2) is 16.7. The van der Waals surface area contributed by atoms with Crippen LogP contribution in [0.5, 0.6) is 0 Å². The number of hydrogen-bond acceptors (Lipinski definition) is 2. The Hall–Kier alpha value is -1.91. The van der Waals surface area contributed by atoms with E-state index in [-0.39, 0.29) is 4.90 Å². The van der Waals surface area contributed by atoms with Crippen molar-refractivity contribution in [2.45, 2.75) is 89.4 Å². The maximum atomic E-state index is 11.5. The van der Waals surface area contributed by atoms with E-state index in [1.54, 1.807) is 6.07 Å². The molecule has 0 unspecified atom stereocenters. The molecule has 0 amide bonds. The number of rotatable bonds is 16. The topological polar surface area (TPSA) is 54.4 Å². The standard InChI is InChI=1S/C27H40O3S/c1-3-4-5-6-7-8-9-10-11-12-13-14-15-16-17-18-19-20-21-26-24-25(2)22-23-27(26)31(28,29)30/h7-8,10-11,13-14,16-17,22-24H,3-6,9,12,15,18-21H2,1-2H3,(H,28,29,30). The molecule has 1 N–H and O–H groups in total. The van der Waals surface area contributed by atoms with Crippen molar-refractivity contribution in [1.82, 2.24) is 0 Å². The second-order valence-electron chi connectivity index (χ2n) is 7.92. The first kappa shape index (κ1) is 27.1. The van der Waals surface area contributed by atoms with E-state index in [1.165, 1.54) is 31.7 Å². The van der Waals surface area contributed by atoms with Crippen molar-refractivity contribution in [3.8, 4) is 0 Å². The molecule has 0 aliphatic carbocycles. The maximum absolute atomic E-state index is 11.5. The van der Waals surface area contributed by atoms with E-state index >= 15 is 0 Å². The lowest BCUT2D eigenvalue weighted by atomic mass is 10.0. The number of aryl methyl sites for hydroxylation is 2. The molecule has 0 aliphatic heterocycles. The Bertz CT molecular complexity index is 830. The van der Waals surface area contributed by atoms with Crippen LogP contribution in [-0.4, -0.2) is 13.0 Å². The van der Waals surface area contributed by atoms with Crippen LogP contribution in [0.3, 0.4) is 0 Å². The Labute approximate surface area is 190 Å². The third kappa shape index (κ3) is 13.9. The molecule has 1 aromatic rings. The molecule has 1 aromatic carbocycles. The molecule has 0 heterocycles.